The van der Waals surface area contributed by atoms with Gasteiger partial charge >= 0.3 is 0 Å². The van der Waals surface area contributed by atoms with Crippen molar-refractivity contribution in [3.05, 3.63) is 33.8 Å². The first-order chi connectivity index (χ1) is 13.3. The van der Waals surface area contributed by atoms with Crippen molar-refractivity contribution >= 4 is 39.2 Å². The number of amides is 2. The Morgan fingerprint density at radius 3 is 2.68 bits per heavy atom. The van der Waals surface area contributed by atoms with Crippen molar-refractivity contribution in [2.24, 2.45) is 0 Å². The van der Waals surface area contributed by atoms with Crippen LogP contribution in [-0.2, 0) is 4.79 Å². The zero-order chi connectivity index (χ0) is 20.0. The molecule has 0 saturated heterocycles. The molecule has 0 aliphatic heterocycles. The van der Waals surface area contributed by atoms with Gasteiger partial charge < -0.3 is 14.7 Å². The Balaban J connectivity index is 1.53. The third-order valence-corrected chi connectivity index (χ3v) is 5.92. The van der Waals surface area contributed by atoms with Crippen LogP contribution < -0.4 is 5.32 Å². The van der Waals surface area contributed by atoms with E-state index in [9.17, 15) is 9.59 Å². The van der Waals surface area contributed by atoms with E-state index in [4.69, 9.17) is 4.52 Å². The van der Waals surface area contributed by atoms with E-state index in [0.717, 1.165) is 40.1 Å². The molecule has 0 spiro atoms. The van der Waals surface area contributed by atoms with Gasteiger partial charge in [-0.2, -0.15) is 0 Å². The molecule has 9 heteroatoms. The molecule has 8 nitrogen and oxygen atoms in total. The van der Waals surface area contributed by atoms with Gasteiger partial charge in [0.05, 0.1) is 17.1 Å². The molecule has 28 heavy (non-hydrogen) atoms. The fraction of sp³-hybridized carbons (Fsp3) is 0.421. The zero-order valence-electron chi connectivity index (χ0n) is 16.2. The Morgan fingerprint density at radius 2 is 2.04 bits per heavy atom. The topological polar surface area (TPSA) is 101 Å². The van der Waals surface area contributed by atoms with Crippen molar-refractivity contribution in [1.29, 1.82) is 0 Å². The van der Waals surface area contributed by atoms with E-state index in [1.165, 1.54) is 16.2 Å². The highest BCUT2D eigenvalue weighted by Gasteiger charge is 2.29. The number of thiophene rings is 1. The maximum atomic E-state index is 12.9. The summed E-state index contributed by atoms with van der Waals surface area (Å²) in [6.45, 7) is 5.52. The number of aryl methyl sites for hydroxylation is 3. The summed E-state index contributed by atoms with van der Waals surface area (Å²) in [7, 11) is 1.61. The monoisotopic (exact) mass is 399 g/mol. The molecule has 0 atom stereocenters. The van der Waals surface area contributed by atoms with Gasteiger partial charge in [0.15, 0.2) is 5.82 Å². The number of aromatic nitrogens is 3. The van der Waals surface area contributed by atoms with Crippen LogP contribution in [0.25, 0.3) is 10.2 Å². The molecule has 1 N–H and O–H groups in total. The second-order valence-corrected chi connectivity index (χ2v) is 8.21. The first-order valence-electron chi connectivity index (χ1n) is 9.09. The van der Waals surface area contributed by atoms with Gasteiger partial charge in [-0.15, -0.1) is 11.3 Å². The van der Waals surface area contributed by atoms with E-state index in [1.807, 2.05) is 13.8 Å². The van der Waals surface area contributed by atoms with Crippen LogP contribution in [0.5, 0.6) is 0 Å². The van der Waals surface area contributed by atoms with Crippen LogP contribution in [-0.4, -0.2) is 45.4 Å². The summed E-state index contributed by atoms with van der Waals surface area (Å²) >= 11 is 1.37. The van der Waals surface area contributed by atoms with E-state index < -0.39 is 0 Å². The molecular weight excluding hydrogens is 378 g/mol. The van der Waals surface area contributed by atoms with Crippen LogP contribution in [0.4, 0.5) is 5.82 Å². The summed E-state index contributed by atoms with van der Waals surface area (Å²) in [4.78, 5) is 37.3. The van der Waals surface area contributed by atoms with Gasteiger partial charge in [-0.3, -0.25) is 9.59 Å². The quantitative estimate of drug-likeness (QED) is 0.707. The van der Waals surface area contributed by atoms with Crippen molar-refractivity contribution in [2.45, 2.75) is 39.5 Å². The summed E-state index contributed by atoms with van der Waals surface area (Å²) in [5.41, 5.74) is 1.77. The molecule has 1 fully saturated rings. The first-order valence-corrected chi connectivity index (χ1v) is 9.91. The predicted molar refractivity (Wildman–Crippen MR) is 106 cm³/mol. The molecule has 2 amide bonds. The summed E-state index contributed by atoms with van der Waals surface area (Å²) in [5.74, 6) is 1.72. The van der Waals surface area contributed by atoms with Crippen molar-refractivity contribution in [3.63, 3.8) is 0 Å². The number of nitrogens with zero attached hydrogens (tertiary/aromatic N) is 4. The lowest BCUT2D eigenvalue weighted by Crippen LogP contribution is -2.34. The average molecular weight is 399 g/mol. The maximum absolute atomic E-state index is 12.9. The van der Waals surface area contributed by atoms with Crippen molar-refractivity contribution in [3.8, 4) is 0 Å². The number of carbonyl (C=O) groups is 2. The maximum Gasteiger partial charge on any atom is 0.264 e. The molecule has 3 aromatic heterocycles. The van der Waals surface area contributed by atoms with Crippen molar-refractivity contribution < 1.29 is 14.1 Å². The number of nitrogens with one attached hydrogen (secondary N) is 1. The van der Waals surface area contributed by atoms with Gasteiger partial charge in [0.25, 0.3) is 5.91 Å². The molecule has 0 bridgehead atoms. The van der Waals surface area contributed by atoms with Crippen LogP contribution >= 0.6 is 11.3 Å². The molecule has 0 aromatic carbocycles. The highest BCUT2D eigenvalue weighted by Crippen LogP contribution is 2.40. The standard InChI is InChI=1S/C19H21N5O3S/c1-9-7-13(23-27-9)21-14(25)8-24(4)19(26)16-10(2)15-11(3)20-17(12-5-6-12)22-18(15)28-16/h7,12H,5-6,8H2,1-4H3,(H,21,23,25). The van der Waals surface area contributed by atoms with E-state index in [-0.39, 0.29) is 18.4 Å². The number of fused-ring (bicyclic) bond motifs is 1. The molecular formula is C19H21N5O3S. The third kappa shape index (κ3) is 3.49. The second kappa shape index (κ2) is 6.97. The number of hydrogen-bond acceptors (Lipinski definition) is 7. The number of hydrogen-bond donors (Lipinski definition) is 1. The SMILES string of the molecule is Cc1cc(NC(=O)CN(C)C(=O)c2sc3nc(C4CC4)nc(C)c3c2C)no1. The fourth-order valence-corrected chi connectivity index (χ4v) is 4.39. The minimum Gasteiger partial charge on any atom is -0.360 e. The van der Waals surface area contributed by atoms with E-state index in [2.05, 4.69) is 20.4 Å². The Bertz CT molecular complexity index is 1080. The molecule has 1 saturated carbocycles. The first kappa shape index (κ1) is 18.5. The summed E-state index contributed by atoms with van der Waals surface area (Å²) in [6.07, 6.45) is 2.26. The largest absolute Gasteiger partial charge is 0.360 e. The lowest BCUT2D eigenvalue weighted by atomic mass is 10.1. The van der Waals surface area contributed by atoms with Gasteiger partial charge in [-0.25, -0.2) is 9.97 Å². The number of rotatable bonds is 5. The Hall–Kier alpha value is -2.81. The Labute approximate surface area is 165 Å². The number of likely N-dealkylation sites (N-methyl/N-ethyl adjacent to an activating group) is 1. The molecule has 1 aliphatic rings. The van der Waals surface area contributed by atoms with E-state index >= 15 is 0 Å². The van der Waals surface area contributed by atoms with Crippen LogP contribution in [0.3, 0.4) is 0 Å². The highest BCUT2D eigenvalue weighted by molar-refractivity contribution is 7.20. The molecule has 4 rings (SSSR count). The van der Waals surface area contributed by atoms with Crippen LogP contribution in [0.2, 0.25) is 0 Å². The normalized spacial score (nSPS) is 13.7. The smallest absolute Gasteiger partial charge is 0.264 e. The molecule has 1 aliphatic carbocycles. The van der Waals surface area contributed by atoms with Crippen LogP contribution in [0.15, 0.2) is 10.6 Å². The third-order valence-electron chi connectivity index (χ3n) is 4.75. The summed E-state index contributed by atoms with van der Waals surface area (Å²) in [6, 6.07) is 1.62. The average Bonchev–Trinajstić information content (AvgIpc) is 3.33. The Kier molecular flexibility index (Phi) is 4.62. The Morgan fingerprint density at radius 1 is 1.29 bits per heavy atom. The molecule has 146 valence electrons. The van der Waals surface area contributed by atoms with E-state index in [0.29, 0.717) is 22.4 Å². The molecule has 0 unspecified atom stereocenters. The fourth-order valence-electron chi connectivity index (χ4n) is 3.16. The summed E-state index contributed by atoms with van der Waals surface area (Å²) in [5, 5.41) is 7.28. The molecule has 3 heterocycles. The highest BCUT2D eigenvalue weighted by atomic mass is 32.1. The minimum atomic E-state index is -0.338. The van der Waals surface area contributed by atoms with Gasteiger partial charge in [-0.05, 0) is 39.2 Å². The predicted octanol–water partition coefficient (Wildman–Crippen LogP) is 3.19. The van der Waals surface area contributed by atoms with Crippen LogP contribution in [0.1, 0.15) is 51.3 Å². The van der Waals surface area contributed by atoms with Crippen molar-refractivity contribution in [1.82, 2.24) is 20.0 Å². The van der Waals surface area contributed by atoms with Gasteiger partial charge in [0, 0.05) is 24.4 Å². The van der Waals surface area contributed by atoms with Gasteiger partial charge in [0.2, 0.25) is 5.91 Å². The summed E-state index contributed by atoms with van der Waals surface area (Å²) < 4.78 is 4.92. The van der Waals surface area contributed by atoms with Gasteiger partial charge in [-0.1, -0.05) is 5.16 Å². The molecule has 0 radical (unpaired) electrons. The lowest BCUT2D eigenvalue weighted by Gasteiger charge is -2.15. The minimum absolute atomic E-state index is 0.0869. The van der Waals surface area contributed by atoms with Gasteiger partial charge in [0.1, 0.15) is 16.4 Å². The number of carbonyl (C=O) groups excluding carboxylic acids is 2. The molecule has 3 aromatic rings. The lowest BCUT2D eigenvalue weighted by molar-refractivity contribution is -0.116. The zero-order valence-corrected chi connectivity index (χ0v) is 17.0. The second-order valence-electron chi connectivity index (χ2n) is 7.21. The van der Waals surface area contributed by atoms with E-state index in [1.54, 1.807) is 20.0 Å². The van der Waals surface area contributed by atoms with Crippen molar-refractivity contribution in [2.75, 3.05) is 18.9 Å². The number of anilines is 1. The van der Waals surface area contributed by atoms with Crippen LogP contribution in [0, 0.1) is 20.8 Å².